The van der Waals surface area contributed by atoms with Crippen LogP contribution in [0.25, 0.3) is 0 Å². The Morgan fingerprint density at radius 1 is 0.581 bits per heavy atom. The molecule has 0 spiro atoms. The topological polar surface area (TPSA) is 33.0 Å². The second-order valence-electron chi connectivity index (χ2n) is 7.82. The van der Waals surface area contributed by atoms with Crippen LogP contribution in [0.2, 0.25) is 0 Å². The Morgan fingerprint density at radius 2 is 1.03 bits per heavy atom. The number of hydrogen-bond acceptors (Lipinski definition) is 2. The third-order valence-corrected chi connectivity index (χ3v) is 5.57. The highest BCUT2D eigenvalue weighted by molar-refractivity contribution is 5.41. The van der Waals surface area contributed by atoms with Crippen molar-refractivity contribution in [3.8, 4) is 11.8 Å². The van der Waals surface area contributed by atoms with Gasteiger partial charge in [0.25, 0.3) is 0 Å². The molecule has 31 heavy (non-hydrogen) atoms. The Balaban J connectivity index is 1.60. The van der Waals surface area contributed by atoms with E-state index in [1.54, 1.807) is 0 Å². The van der Waals surface area contributed by atoms with E-state index in [0.29, 0.717) is 19.4 Å². The number of benzene rings is 4. The first-order valence-corrected chi connectivity index (χ1v) is 10.5. The predicted octanol–water partition coefficient (Wildman–Crippen LogP) is 6.51. The fraction of sp³-hybridized carbons (Fsp3) is 0.138. The summed E-state index contributed by atoms with van der Waals surface area (Å²) in [6.07, 6.45) is 1.31. The van der Waals surface area contributed by atoms with Crippen molar-refractivity contribution in [3.05, 3.63) is 138 Å². The molecule has 4 aromatic rings. The summed E-state index contributed by atoms with van der Waals surface area (Å²) in [5.74, 6) is 0.805. The van der Waals surface area contributed by atoms with E-state index in [0.717, 1.165) is 28.0 Å². The van der Waals surface area contributed by atoms with E-state index in [1.807, 2.05) is 78.9 Å². The molecule has 0 saturated heterocycles. The van der Waals surface area contributed by atoms with Crippen molar-refractivity contribution in [2.24, 2.45) is 0 Å². The number of ether oxygens (including phenoxy) is 1. The molecule has 4 aromatic carbocycles. The van der Waals surface area contributed by atoms with Crippen molar-refractivity contribution in [2.75, 3.05) is 0 Å². The highest BCUT2D eigenvalue weighted by atomic mass is 16.5. The van der Waals surface area contributed by atoms with Crippen LogP contribution in [0.4, 0.5) is 0 Å². The average Bonchev–Trinajstić information content (AvgIpc) is 2.84. The van der Waals surface area contributed by atoms with Gasteiger partial charge in [-0.1, -0.05) is 103 Å². The lowest BCUT2D eigenvalue weighted by atomic mass is 9.72. The summed E-state index contributed by atoms with van der Waals surface area (Å²) in [4.78, 5) is 0. The zero-order chi connectivity index (χ0) is 21.4. The third-order valence-electron chi connectivity index (χ3n) is 5.57. The zero-order valence-electron chi connectivity index (χ0n) is 17.4. The van der Waals surface area contributed by atoms with Gasteiger partial charge in [0.1, 0.15) is 12.4 Å². The van der Waals surface area contributed by atoms with Crippen LogP contribution in [0.3, 0.4) is 0 Å². The van der Waals surface area contributed by atoms with Crippen LogP contribution in [0.5, 0.6) is 5.75 Å². The molecule has 0 unspecified atom stereocenters. The Hall–Kier alpha value is -3.83. The number of rotatable bonds is 8. The van der Waals surface area contributed by atoms with Crippen molar-refractivity contribution in [2.45, 2.75) is 24.9 Å². The average molecular weight is 404 g/mol. The van der Waals surface area contributed by atoms with Crippen LogP contribution >= 0.6 is 0 Å². The maximum Gasteiger partial charge on any atom is 0.119 e. The molecule has 0 aromatic heterocycles. The van der Waals surface area contributed by atoms with E-state index in [-0.39, 0.29) is 0 Å². The summed E-state index contributed by atoms with van der Waals surface area (Å²) in [6, 6.07) is 41.3. The van der Waals surface area contributed by atoms with E-state index in [9.17, 15) is 5.26 Å². The second-order valence-corrected chi connectivity index (χ2v) is 7.82. The van der Waals surface area contributed by atoms with Gasteiger partial charge in [-0.05, 0) is 47.2 Å². The Kier molecular flexibility index (Phi) is 6.45. The standard InChI is InChI=1S/C29H25NO/c30-23-29(20-24-10-4-1-5-11-24,21-25-12-6-2-7-13-25)27-16-18-28(19-17-27)31-22-26-14-8-3-9-15-26/h1-19H,20-22H2. The molecule has 0 aliphatic carbocycles. The number of nitriles is 1. The molecule has 0 saturated carbocycles. The molecular formula is C29H25NO. The Bertz CT molecular complexity index is 1070. The molecule has 0 heterocycles. The molecule has 0 aliphatic rings. The SMILES string of the molecule is N#CC(Cc1ccccc1)(Cc1ccccc1)c1ccc(OCc2ccccc2)cc1. The molecule has 0 N–H and O–H groups in total. The van der Waals surface area contributed by atoms with Crippen LogP contribution in [-0.2, 0) is 24.9 Å². The fourth-order valence-corrected chi connectivity index (χ4v) is 3.91. The highest BCUT2D eigenvalue weighted by Gasteiger charge is 2.33. The monoisotopic (exact) mass is 403 g/mol. The van der Waals surface area contributed by atoms with Crippen molar-refractivity contribution < 1.29 is 4.74 Å². The smallest absolute Gasteiger partial charge is 0.119 e. The summed E-state index contributed by atoms with van der Waals surface area (Å²) in [7, 11) is 0. The largest absolute Gasteiger partial charge is 0.489 e. The van der Waals surface area contributed by atoms with Gasteiger partial charge < -0.3 is 4.74 Å². The molecule has 2 nitrogen and oxygen atoms in total. The van der Waals surface area contributed by atoms with Gasteiger partial charge in [-0.3, -0.25) is 0 Å². The van der Waals surface area contributed by atoms with E-state index >= 15 is 0 Å². The van der Waals surface area contributed by atoms with Crippen LogP contribution in [-0.4, -0.2) is 0 Å². The fourth-order valence-electron chi connectivity index (χ4n) is 3.91. The second kappa shape index (κ2) is 9.78. The van der Waals surface area contributed by atoms with Crippen molar-refractivity contribution >= 4 is 0 Å². The Morgan fingerprint density at radius 3 is 1.48 bits per heavy atom. The van der Waals surface area contributed by atoms with Crippen molar-refractivity contribution in [1.29, 1.82) is 5.26 Å². The molecule has 2 heteroatoms. The van der Waals surface area contributed by atoms with Gasteiger partial charge in [0.15, 0.2) is 0 Å². The minimum Gasteiger partial charge on any atom is -0.489 e. The first-order valence-electron chi connectivity index (χ1n) is 10.5. The molecule has 0 atom stereocenters. The van der Waals surface area contributed by atoms with Crippen LogP contribution < -0.4 is 4.74 Å². The molecule has 0 aliphatic heterocycles. The summed E-state index contributed by atoms with van der Waals surface area (Å²) in [5, 5.41) is 10.4. The van der Waals surface area contributed by atoms with Gasteiger partial charge in [0, 0.05) is 0 Å². The molecule has 0 amide bonds. The summed E-state index contributed by atoms with van der Waals surface area (Å²) < 4.78 is 5.95. The maximum absolute atomic E-state index is 10.4. The van der Waals surface area contributed by atoms with E-state index in [1.165, 1.54) is 0 Å². The lowest BCUT2D eigenvalue weighted by Gasteiger charge is -2.28. The molecule has 0 bridgehead atoms. The van der Waals surface area contributed by atoms with Gasteiger partial charge in [-0.2, -0.15) is 5.26 Å². The summed E-state index contributed by atoms with van der Waals surface area (Å²) in [5.41, 5.74) is 3.80. The van der Waals surface area contributed by atoms with Gasteiger partial charge in [0.2, 0.25) is 0 Å². The van der Waals surface area contributed by atoms with Gasteiger partial charge in [-0.25, -0.2) is 0 Å². The van der Waals surface area contributed by atoms with E-state index in [2.05, 4.69) is 42.5 Å². The molecule has 152 valence electrons. The van der Waals surface area contributed by atoms with Crippen LogP contribution in [0.1, 0.15) is 22.3 Å². The predicted molar refractivity (Wildman–Crippen MR) is 125 cm³/mol. The minimum absolute atomic E-state index is 0.525. The van der Waals surface area contributed by atoms with Crippen molar-refractivity contribution in [1.82, 2.24) is 0 Å². The molecule has 0 radical (unpaired) electrons. The number of hydrogen-bond donors (Lipinski definition) is 0. The molecule has 4 rings (SSSR count). The first kappa shape index (κ1) is 20.4. The third kappa shape index (κ3) is 5.21. The van der Waals surface area contributed by atoms with E-state index < -0.39 is 5.41 Å². The minimum atomic E-state index is -0.652. The highest BCUT2D eigenvalue weighted by Crippen LogP contribution is 2.33. The van der Waals surface area contributed by atoms with Crippen molar-refractivity contribution in [3.63, 3.8) is 0 Å². The van der Waals surface area contributed by atoms with Gasteiger partial charge in [0.05, 0.1) is 11.5 Å². The quantitative estimate of drug-likeness (QED) is 0.336. The van der Waals surface area contributed by atoms with E-state index in [4.69, 9.17) is 4.74 Å². The number of nitrogens with zero attached hydrogens (tertiary/aromatic N) is 1. The summed E-state index contributed by atoms with van der Waals surface area (Å²) in [6.45, 7) is 0.525. The first-order chi connectivity index (χ1) is 15.3. The zero-order valence-corrected chi connectivity index (χ0v) is 17.4. The van der Waals surface area contributed by atoms with Gasteiger partial charge >= 0.3 is 0 Å². The van der Waals surface area contributed by atoms with Gasteiger partial charge in [-0.15, -0.1) is 0 Å². The molecular weight excluding hydrogens is 378 g/mol. The lowest BCUT2D eigenvalue weighted by Crippen LogP contribution is -2.30. The Labute approximate surface area is 184 Å². The van der Waals surface area contributed by atoms with Crippen LogP contribution in [0.15, 0.2) is 115 Å². The lowest BCUT2D eigenvalue weighted by molar-refractivity contribution is 0.306. The summed E-state index contributed by atoms with van der Waals surface area (Å²) >= 11 is 0. The molecule has 0 fully saturated rings. The normalized spacial score (nSPS) is 10.9. The maximum atomic E-state index is 10.4. The van der Waals surface area contributed by atoms with Crippen LogP contribution in [0, 0.1) is 11.3 Å².